The predicted molar refractivity (Wildman–Crippen MR) is 125 cm³/mol. The summed E-state index contributed by atoms with van der Waals surface area (Å²) in [4.78, 5) is 15.8. The Morgan fingerprint density at radius 1 is 1.09 bits per heavy atom. The third-order valence-electron chi connectivity index (χ3n) is 6.27. The Morgan fingerprint density at radius 3 is 2.59 bits per heavy atom. The molecule has 32 heavy (non-hydrogen) atoms. The van der Waals surface area contributed by atoms with Crippen molar-refractivity contribution in [2.24, 2.45) is 0 Å². The SMILES string of the molecule is COc1ccc([C@@H]2Nn3c(nnc3-c3ccccc3)S[C@H]2C(=O)N2CCCC[C@@H]2C)cc1. The second-order valence-corrected chi connectivity index (χ2v) is 9.41. The molecule has 3 heterocycles. The van der Waals surface area contributed by atoms with Gasteiger partial charge in [-0.2, -0.15) is 0 Å². The number of methoxy groups -OCH3 is 1. The molecule has 2 aromatic carbocycles. The highest BCUT2D eigenvalue weighted by molar-refractivity contribution is 8.00. The summed E-state index contributed by atoms with van der Waals surface area (Å²) in [5.41, 5.74) is 5.57. The first-order valence-electron chi connectivity index (χ1n) is 11.0. The van der Waals surface area contributed by atoms with Gasteiger partial charge in [0.05, 0.1) is 13.2 Å². The average Bonchev–Trinajstić information content (AvgIpc) is 3.27. The Balaban J connectivity index is 1.53. The van der Waals surface area contributed by atoms with E-state index in [0.717, 1.165) is 42.1 Å². The van der Waals surface area contributed by atoms with Gasteiger partial charge < -0.3 is 15.1 Å². The molecule has 0 bridgehead atoms. The fraction of sp³-hybridized carbons (Fsp3) is 0.375. The van der Waals surface area contributed by atoms with E-state index < -0.39 is 0 Å². The number of ether oxygens (including phenoxy) is 1. The van der Waals surface area contributed by atoms with E-state index in [1.165, 1.54) is 18.2 Å². The normalized spacial score (nSPS) is 22.7. The van der Waals surface area contributed by atoms with Crippen LogP contribution in [0.1, 0.15) is 37.8 Å². The summed E-state index contributed by atoms with van der Waals surface area (Å²) in [6, 6.07) is 17.9. The Hall–Kier alpha value is -3.00. The topological polar surface area (TPSA) is 72.3 Å². The first kappa shape index (κ1) is 20.9. The maximum absolute atomic E-state index is 13.7. The molecule has 0 saturated carbocycles. The van der Waals surface area contributed by atoms with Gasteiger partial charge in [0.2, 0.25) is 11.1 Å². The van der Waals surface area contributed by atoms with Crippen molar-refractivity contribution in [2.45, 2.75) is 48.7 Å². The lowest BCUT2D eigenvalue weighted by Gasteiger charge is -2.39. The van der Waals surface area contributed by atoms with Gasteiger partial charge >= 0.3 is 0 Å². The number of carbonyl (C=O) groups is 1. The maximum atomic E-state index is 13.7. The molecule has 0 aliphatic carbocycles. The van der Waals surface area contributed by atoms with Crippen LogP contribution in [0.2, 0.25) is 0 Å². The summed E-state index contributed by atoms with van der Waals surface area (Å²) in [6.45, 7) is 2.96. The van der Waals surface area contributed by atoms with Crippen molar-refractivity contribution >= 4 is 17.7 Å². The molecule has 1 N–H and O–H groups in total. The number of likely N-dealkylation sites (tertiary alicyclic amines) is 1. The molecule has 2 aliphatic rings. The van der Waals surface area contributed by atoms with Gasteiger partial charge in [0.15, 0.2) is 5.82 Å². The Labute approximate surface area is 192 Å². The number of carbonyl (C=O) groups excluding carboxylic acids is 1. The van der Waals surface area contributed by atoms with Gasteiger partial charge in [0.1, 0.15) is 11.0 Å². The van der Waals surface area contributed by atoms with Crippen molar-refractivity contribution in [3.05, 3.63) is 60.2 Å². The van der Waals surface area contributed by atoms with E-state index in [1.807, 2.05) is 64.2 Å². The molecule has 7 nitrogen and oxygen atoms in total. The van der Waals surface area contributed by atoms with Crippen LogP contribution in [-0.2, 0) is 4.79 Å². The molecule has 1 saturated heterocycles. The second-order valence-electron chi connectivity index (χ2n) is 8.30. The van der Waals surface area contributed by atoms with Crippen LogP contribution >= 0.6 is 11.8 Å². The summed E-state index contributed by atoms with van der Waals surface area (Å²) in [7, 11) is 1.66. The molecule has 0 unspecified atom stereocenters. The van der Waals surface area contributed by atoms with Crippen LogP contribution in [0.4, 0.5) is 0 Å². The minimum absolute atomic E-state index is 0.158. The molecule has 3 aromatic rings. The van der Waals surface area contributed by atoms with E-state index >= 15 is 0 Å². The second kappa shape index (κ2) is 8.86. The fourth-order valence-electron chi connectivity index (χ4n) is 4.47. The van der Waals surface area contributed by atoms with E-state index in [-0.39, 0.29) is 23.2 Å². The molecule has 3 atom stereocenters. The summed E-state index contributed by atoms with van der Waals surface area (Å²) < 4.78 is 7.25. The van der Waals surface area contributed by atoms with Gasteiger partial charge in [-0.1, -0.05) is 54.2 Å². The minimum atomic E-state index is -0.329. The van der Waals surface area contributed by atoms with Crippen LogP contribution in [0.25, 0.3) is 11.4 Å². The van der Waals surface area contributed by atoms with Gasteiger partial charge in [-0.3, -0.25) is 4.79 Å². The number of aromatic nitrogens is 3. The fourth-order valence-corrected chi connectivity index (χ4v) is 5.62. The number of hydrogen-bond donors (Lipinski definition) is 1. The Morgan fingerprint density at radius 2 is 1.88 bits per heavy atom. The lowest BCUT2D eigenvalue weighted by Crippen LogP contribution is -2.50. The lowest BCUT2D eigenvalue weighted by atomic mass is 9.99. The van der Waals surface area contributed by atoms with Crippen LogP contribution < -0.4 is 10.2 Å². The standard InChI is InChI=1S/C24H27N5O2S/c1-16-8-6-7-15-28(16)23(30)21-20(17-11-13-19(31-2)14-12-17)27-29-22(25-26-24(29)32-21)18-9-4-3-5-10-18/h3-5,9-14,16,20-21,27H,6-8,15H2,1-2H3/t16-,20-,21+/m0/s1. The molecule has 5 rings (SSSR count). The molecular weight excluding hydrogens is 422 g/mol. The molecule has 1 fully saturated rings. The van der Waals surface area contributed by atoms with Gasteiger partial charge in [-0.25, -0.2) is 4.68 Å². The third-order valence-corrected chi connectivity index (χ3v) is 7.48. The molecule has 1 aromatic heterocycles. The predicted octanol–water partition coefficient (Wildman–Crippen LogP) is 4.11. The lowest BCUT2D eigenvalue weighted by molar-refractivity contribution is -0.134. The van der Waals surface area contributed by atoms with Crippen LogP contribution in [-0.4, -0.2) is 50.6 Å². The average molecular weight is 450 g/mol. The Kier molecular flexibility index (Phi) is 5.78. The molecule has 0 spiro atoms. The zero-order chi connectivity index (χ0) is 22.1. The highest BCUT2D eigenvalue weighted by atomic mass is 32.2. The van der Waals surface area contributed by atoms with E-state index in [2.05, 4.69) is 22.5 Å². The number of thioether (sulfide) groups is 1. The quantitative estimate of drug-likeness (QED) is 0.646. The van der Waals surface area contributed by atoms with Crippen LogP contribution in [0.3, 0.4) is 0 Å². The molecule has 2 aliphatic heterocycles. The van der Waals surface area contributed by atoms with Crippen molar-refractivity contribution in [1.29, 1.82) is 0 Å². The highest BCUT2D eigenvalue weighted by Crippen LogP contribution is 2.40. The number of piperidine rings is 1. The first-order chi connectivity index (χ1) is 15.7. The minimum Gasteiger partial charge on any atom is -0.497 e. The summed E-state index contributed by atoms with van der Waals surface area (Å²) in [6.07, 6.45) is 3.29. The van der Waals surface area contributed by atoms with Crippen molar-refractivity contribution in [2.75, 3.05) is 19.1 Å². The van der Waals surface area contributed by atoms with E-state index in [0.29, 0.717) is 5.16 Å². The van der Waals surface area contributed by atoms with Crippen LogP contribution in [0.15, 0.2) is 59.8 Å². The van der Waals surface area contributed by atoms with Gasteiger partial charge in [-0.15, -0.1) is 10.2 Å². The first-order valence-corrected chi connectivity index (χ1v) is 11.9. The zero-order valence-electron chi connectivity index (χ0n) is 18.3. The smallest absolute Gasteiger partial charge is 0.238 e. The monoisotopic (exact) mass is 449 g/mol. The van der Waals surface area contributed by atoms with Crippen LogP contribution in [0, 0.1) is 0 Å². The van der Waals surface area contributed by atoms with Crippen molar-refractivity contribution in [1.82, 2.24) is 19.8 Å². The molecule has 166 valence electrons. The van der Waals surface area contributed by atoms with Crippen molar-refractivity contribution < 1.29 is 9.53 Å². The summed E-state index contributed by atoms with van der Waals surface area (Å²) >= 11 is 1.49. The number of fused-ring (bicyclic) bond motifs is 1. The van der Waals surface area contributed by atoms with Crippen molar-refractivity contribution in [3.63, 3.8) is 0 Å². The van der Waals surface area contributed by atoms with Gasteiger partial charge in [0.25, 0.3) is 0 Å². The number of benzene rings is 2. The number of rotatable bonds is 4. The number of hydrogen-bond acceptors (Lipinski definition) is 6. The van der Waals surface area contributed by atoms with E-state index in [4.69, 9.17) is 4.74 Å². The zero-order valence-corrected chi connectivity index (χ0v) is 19.1. The van der Waals surface area contributed by atoms with E-state index in [9.17, 15) is 4.79 Å². The Bertz CT molecular complexity index is 1090. The highest BCUT2D eigenvalue weighted by Gasteiger charge is 2.41. The number of nitrogens with zero attached hydrogens (tertiary/aromatic N) is 4. The third kappa shape index (κ3) is 3.83. The number of amides is 1. The molecule has 1 amide bonds. The molecular formula is C24H27N5O2S. The summed E-state index contributed by atoms with van der Waals surface area (Å²) in [5.74, 6) is 1.69. The van der Waals surface area contributed by atoms with Crippen molar-refractivity contribution in [3.8, 4) is 17.1 Å². The number of nitrogens with one attached hydrogen (secondary N) is 1. The van der Waals surface area contributed by atoms with Gasteiger partial charge in [-0.05, 0) is 43.9 Å². The van der Waals surface area contributed by atoms with Crippen LogP contribution in [0.5, 0.6) is 5.75 Å². The van der Waals surface area contributed by atoms with Gasteiger partial charge in [0, 0.05) is 18.2 Å². The largest absolute Gasteiger partial charge is 0.497 e. The molecule has 8 heteroatoms. The maximum Gasteiger partial charge on any atom is 0.238 e. The summed E-state index contributed by atoms with van der Waals surface area (Å²) in [5, 5.41) is 9.21. The molecule has 0 radical (unpaired) electrons. The van der Waals surface area contributed by atoms with E-state index in [1.54, 1.807) is 7.11 Å².